The summed E-state index contributed by atoms with van der Waals surface area (Å²) in [5, 5.41) is 3.65. The van der Waals surface area contributed by atoms with Gasteiger partial charge >= 0.3 is 12.0 Å². The molecule has 24 heavy (non-hydrogen) atoms. The number of primary amides is 1. The third-order valence-corrected chi connectivity index (χ3v) is 3.07. The maximum atomic E-state index is 12.2. The van der Waals surface area contributed by atoms with Gasteiger partial charge in [0.15, 0.2) is 11.5 Å². The number of hydrogen-bond acceptors (Lipinski definition) is 5. The van der Waals surface area contributed by atoms with E-state index in [1.54, 1.807) is 30.3 Å². The quantitative estimate of drug-likeness (QED) is 0.380. The van der Waals surface area contributed by atoms with E-state index >= 15 is 0 Å². The number of benzene rings is 2. The van der Waals surface area contributed by atoms with Crippen molar-refractivity contribution < 1.29 is 19.1 Å². The average Bonchev–Trinajstić information content (AvgIpc) is 2.55. The first kappa shape index (κ1) is 17.0. The summed E-state index contributed by atoms with van der Waals surface area (Å²) in [4.78, 5) is 22.8. The van der Waals surface area contributed by atoms with Gasteiger partial charge in [-0.25, -0.2) is 15.0 Å². The molecule has 7 nitrogen and oxygen atoms in total. The summed E-state index contributed by atoms with van der Waals surface area (Å²) in [7, 11) is 1.47. The predicted octanol–water partition coefficient (Wildman–Crippen LogP) is 2.23. The van der Waals surface area contributed by atoms with Crippen LogP contribution in [0.5, 0.6) is 11.5 Å². The number of nitrogens with zero attached hydrogens (tertiary/aromatic N) is 1. The van der Waals surface area contributed by atoms with Crippen molar-refractivity contribution in [1.82, 2.24) is 5.43 Å². The molecule has 7 heteroatoms. The van der Waals surface area contributed by atoms with Crippen LogP contribution in [0.1, 0.15) is 21.5 Å². The minimum Gasteiger partial charge on any atom is -0.493 e. The van der Waals surface area contributed by atoms with Gasteiger partial charge in [0.2, 0.25) is 0 Å². The van der Waals surface area contributed by atoms with E-state index < -0.39 is 12.0 Å². The molecule has 0 aliphatic heterocycles. The lowest BCUT2D eigenvalue weighted by molar-refractivity contribution is 0.0729. The summed E-state index contributed by atoms with van der Waals surface area (Å²) in [6.45, 7) is 1.93. The van der Waals surface area contributed by atoms with Gasteiger partial charge in [0.05, 0.1) is 18.9 Å². The molecule has 2 aromatic carbocycles. The third-order valence-electron chi connectivity index (χ3n) is 3.07. The van der Waals surface area contributed by atoms with Gasteiger partial charge in [-0.05, 0) is 42.8 Å². The maximum absolute atomic E-state index is 12.2. The number of methoxy groups -OCH3 is 1. The zero-order valence-electron chi connectivity index (χ0n) is 13.3. The van der Waals surface area contributed by atoms with E-state index in [4.69, 9.17) is 15.2 Å². The molecule has 0 aromatic heterocycles. The molecule has 0 atom stereocenters. The smallest absolute Gasteiger partial charge is 0.343 e. The van der Waals surface area contributed by atoms with Gasteiger partial charge in [0.25, 0.3) is 0 Å². The van der Waals surface area contributed by atoms with Crippen molar-refractivity contribution in [3.8, 4) is 11.5 Å². The summed E-state index contributed by atoms with van der Waals surface area (Å²) in [5.74, 6) is 0.138. The number of carbonyl (C=O) groups is 2. The zero-order valence-corrected chi connectivity index (χ0v) is 13.3. The van der Waals surface area contributed by atoms with E-state index in [2.05, 4.69) is 10.5 Å². The number of nitrogens with one attached hydrogen (secondary N) is 1. The summed E-state index contributed by atoms with van der Waals surface area (Å²) in [5.41, 5.74) is 9.07. The second-order valence-corrected chi connectivity index (χ2v) is 4.90. The number of ether oxygens (including phenoxy) is 2. The maximum Gasteiger partial charge on any atom is 0.343 e. The highest BCUT2D eigenvalue weighted by atomic mass is 16.6. The Bertz CT molecular complexity index is 770. The number of esters is 1. The number of hydrazone groups is 1. The molecule has 0 saturated carbocycles. The van der Waals surface area contributed by atoms with E-state index in [1.165, 1.54) is 13.3 Å². The first-order valence-corrected chi connectivity index (χ1v) is 7.05. The van der Waals surface area contributed by atoms with Gasteiger partial charge in [-0.3, -0.25) is 0 Å². The Morgan fingerprint density at radius 3 is 2.46 bits per heavy atom. The second-order valence-electron chi connectivity index (χ2n) is 4.90. The van der Waals surface area contributed by atoms with Crippen molar-refractivity contribution in [1.29, 1.82) is 0 Å². The fraction of sp³-hybridized carbons (Fsp3) is 0.118. The third kappa shape index (κ3) is 4.57. The lowest BCUT2D eigenvalue weighted by Crippen LogP contribution is -2.24. The number of aryl methyl sites for hydroxylation is 1. The highest BCUT2D eigenvalue weighted by molar-refractivity contribution is 5.92. The number of urea groups is 1. The van der Waals surface area contributed by atoms with Gasteiger partial charge in [-0.1, -0.05) is 17.7 Å². The highest BCUT2D eigenvalue weighted by Gasteiger charge is 2.12. The van der Waals surface area contributed by atoms with Gasteiger partial charge in [-0.2, -0.15) is 5.10 Å². The molecule has 2 aromatic rings. The summed E-state index contributed by atoms with van der Waals surface area (Å²) >= 11 is 0. The number of nitrogens with two attached hydrogens (primary N) is 1. The van der Waals surface area contributed by atoms with Crippen LogP contribution in [0.4, 0.5) is 4.79 Å². The summed E-state index contributed by atoms with van der Waals surface area (Å²) in [6.07, 6.45) is 1.37. The molecule has 2 amide bonds. The average molecular weight is 327 g/mol. The second kappa shape index (κ2) is 7.77. The molecule has 0 spiro atoms. The van der Waals surface area contributed by atoms with E-state index in [0.717, 1.165) is 5.56 Å². The Hall–Kier alpha value is -3.35. The number of hydrogen-bond donors (Lipinski definition) is 2. The SMILES string of the molecule is COc1ccc(/C=N\NC(N)=O)cc1OC(=O)c1ccc(C)cc1. The number of carbonyl (C=O) groups excluding carboxylic acids is 2. The molecule has 0 aliphatic carbocycles. The van der Waals surface area contributed by atoms with E-state index in [1.807, 2.05) is 19.1 Å². The lowest BCUT2D eigenvalue weighted by atomic mass is 10.1. The molecule has 0 fully saturated rings. The predicted molar refractivity (Wildman–Crippen MR) is 89.4 cm³/mol. The first-order valence-electron chi connectivity index (χ1n) is 7.05. The summed E-state index contributed by atoms with van der Waals surface area (Å²) < 4.78 is 10.6. The Balaban J connectivity index is 2.20. The van der Waals surface area contributed by atoms with Crippen molar-refractivity contribution in [3.63, 3.8) is 0 Å². The van der Waals surface area contributed by atoms with Gasteiger partial charge in [0, 0.05) is 0 Å². The standard InChI is InChI=1S/C17H17N3O4/c1-11-3-6-13(7-4-11)16(21)24-15-9-12(5-8-14(15)23-2)10-19-20-17(18)22/h3-10H,1-2H3,(H3,18,20,22)/b19-10-. The minimum atomic E-state index is -0.772. The monoisotopic (exact) mass is 327 g/mol. The first-order chi connectivity index (χ1) is 11.5. The van der Waals surface area contributed by atoms with Crippen LogP contribution in [-0.2, 0) is 0 Å². The fourth-order valence-electron chi connectivity index (χ4n) is 1.87. The number of rotatable bonds is 5. The van der Waals surface area contributed by atoms with Crippen molar-refractivity contribution in [2.45, 2.75) is 6.92 Å². The van der Waals surface area contributed by atoms with Crippen LogP contribution in [0.2, 0.25) is 0 Å². The molecule has 2 rings (SSSR count). The Labute approximate surface area is 139 Å². The van der Waals surface area contributed by atoms with Crippen molar-refractivity contribution in [2.24, 2.45) is 10.8 Å². The molecule has 0 aliphatic rings. The van der Waals surface area contributed by atoms with Gasteiger partial charge in [0.1, 0.15) is 0 Å². The molecule has 0 unspecified atom stereocenters. The normalized spacial score (nSPS) is 10.4. The van der Waals surface area contributed by atoms with Crippen LogP contribution >= 0.6 is 0 Å². The molecular formula is C17H17N3O4. The van der Waals surface area contributed by atoms with E-state index in [0.29, 0.717) is 16.9 Å². The van der Waals surface area contributed by atoms with Crippen molar-refractivity contribution in [3.05, 3.63) is 59.2 Å². The molecule has 0 heterocycles. The largest absolute Gasteiger partial charge is 0.493 e. The van der Waals surface area contributed by atoms with Crippen LogP contribution in [0.15, 0.2) is 47.6 Å². The Morgan fingerprint density at radius 2 is 1.83 bits per heavy atom. The highest BCUT2D eigenvalue weighted by Crippen LogP contribution is 2.28. The molecule has 3 N–H and O–H groups in total. The zero-order chi connectivity index (χ0) is 17.5. The van der Waals surface area contributed by atoms with Crippen molar-refractivity contribution in [2.75, 3.05) is 7.11 Å². The molecular weight excluding hydrogens is 310 g/mol. The van der Waals surface area contributed by atoms with Crippen molar-refractivity contribution >= 4 is 18.2 Å². The van der Waals surface area contributed by atoms with E-state index in [9.17, 15) is 9.59 Å². The molecule has 0 bridgehead atoms. The van der Waals surface area contributed by atoms with Crippen LogP contribution < -0.4 is 20.6 Å². The topological polar surface area (TPSA) is 103 Å². The molecule has 0 saturated heterocycles. The van der Waals surface area contributed by atoms with Crippen LogP contribution in [0.3, 0.4) is 0 Å². The van der Waals surface area contributed by atoms with E-state index in [-0.39, 0.29) is 5.75 Å². The van der Waals surface area contributed by atoms with Gasteiger partial charge < -0.3 is 15.2 Å². The molecule has 0 radical (unpaired) electrons. The van der Waals surface area contributed by atoms with Crippen LogP contribution in [0.25, 0.3) is 0 Å². The summed E-state index contributed by atoms with van der Waals surface area (Å²) in [6, 6.07) is 11.1. The lowest BCUT2D eigenvalue weighted by Gasteiger charge is -2.10. The minimum absolute atomic E-state index is 0.242. The van der Waals surface area contributed by atoms with Gasteiger partial charge in [-0.15, -0.1) is 0 Å². The van der Waals surface area contributed by atoms with Crippen LogP contribution in [0, 0.1) is 6.92 Å². The number of amides is 2. The molecule has 124 valence electrons. The fourth-order valence-corrected chi connectivity index (χ4v) is 1.87. The Kier molecular flexibility index (Phi) is 5.51. The Morgan fingerprint density at radius 1 is 1.12 bits per heavy atom. The van der Waals surface area contributed by atoms with Crippen LogP contribution in [-0.4, -0.2) is 25.3 Å².